The zero-order valence-corrected chi connectivity index (χ0v) is 14.5. The number of carbonyl (C=O) groups is 1. The van der Waals surface area contributed by atoms with Crippen LogP contribution in [0.1, 0.15) is 26.8 Å². The summed E-state index contributed by atoms with van der Waals surface area (Å²) in [5.74, 6) is 1.34. The van der Waals surface area contributed by atoms with Gasteiger partial charge >= 0.3 is 5.97 Å². The van der Waals surface area contributed by atoms with Crippen molar-refractivity contribution in [2.75, 3.05) is 12.8 Å². The molecule has 0 bridgehead atoms. The number of esters is 1. The predicted octanol–water partition coefficient (Wildman–Crippen LogP) is 3.56. The van der Waals surface area contributed by atoms with Gasteiger partial charge in [0.25, 0.3) is 0 Å². The number of aryl methyl sites for hydroxylation is 2. The van der Waals surface area contributed by atoms with Gasteiger partial charge in [0.05, 0.1) is 18.2 Å². The topological polar surface area (TPSA) is 91.2 Å². The molecule has 3 rings (SSSR count). The van der Waals surface area contributed by atoms with E-state index in [0.717, 1.165) is 15.8 Å². The van der Waals surface area contributed by atoms with Gasteiger partial charge < -0.3 is 14.9 Å². The molecule has 120 valence electrons. The van der Waals surface area contributed by atoms with Crippen molar-refractivity contribution in [3.8, 4) is 0 Å². The van der Waals surface area contributed by atoms with E-state index in [1.165, 1.54) is 23.7 Å². The summed E-state index contributed by atoms with van der Waals surface area (Å²) in [5, 5.41) is 1.52. The number of rotatable bonds is 4. The summed E-state index contributed by atoms with van der Waals surface area (Å²) >= 11 is 3.02. The molecule has 0 aliphatic heterocycles. The van der Waals surface area contributed by atoms with Gasteiger partial charge in [0.2, 0.25) is 5.76 Å². The van der Waals surface area contributed by atoms with Crippen LogP contribution in [0.25, 0.3) is 10.2 Å². The molecule has 3 aromatic rings. The van der Waals surface area contributed by atoms with Gasteiger partial charge in [-0.2, -0.15) is 0 Å². The summed E-state index contributed by atoms with van der Waals surface area (Å²) in [6.45, 7) is 4.07. The lowest BCUT2D eigenvalue weighted by atomic mass is 10.2. The Morgan fingerprint density at radius 1 is 1.39 bits per heavy atom. The number of nitrogen functional groups attached to an aromatic ring is 1. The molecule has 0 aliphatic carbocycles. The van der Waals surface area contributed by atoms with Crippen molar-refractivity contribution in [2.24, 2.45) is 0 Å². The average molecular weight is 349 g/mol. The van der Waals surface area contributed by atoms with Gasteiger partial charge in [-0.1, -0.05) is 11.8 Å². The van der Waals surface area contributed by atoms with Crippen LogP contribution >= 0.6 is 23.1 Å². The second-order valence-corrected chi connectivity index (χ2v) is 7.05. The molecule has 0 aromatic carbocycles. The van der Waals surface area contributed by atoms with E-state index in [-0.39, 0.29) is 5.76 Å². The number of methoxy groups -OCH3 is 1. The summed E-state index contributed by atoms with van der Waals surface area (Å²) in [6.07, 6.45) is 0. The highest BCUT2D eigenvalue weighted by molar-refractivity contribution is 7.98. The summed E-state index contributed by atoms with van der Waals surface area (Å²) in [7, 11) is 1.32. The first-order chi connectivity index (χ1) is 11.0. The van der Waals surface area contributed by atoms with Crippen LogP contribution in [0.4, 0.5) is 5.82 Å². The number of nitrogens with two attached hydrogens (primary N) is 1. The number of fused-ring (bicyclic) bond motifs is 1. The molecule has 8 heteroatoms. The van der Waals surface area contributed by atoms with Crippen LogP contribution in [0.3, 0.4) is 0 Å². The first-order valence-electron chi connectivity index (χ1n) is 6.82. The van der Waals surface area contributed by atoms with Crippen molar-refractivity contribution >= 4 is 45.1 Å². The Balaban J connectivity index is 1.79. The number of ether oxygens (including phenoxy) is 1. The van der Waals surface area contributed by atoms with Gasteiger partial charge in [-0.15, -0.1) is 11.3 Å². The number of thioether (sulfide) groups is 1. The standard InChI is InChI=1S/C15H15N3O3S2/c1-7-8(2)23-13-11(7)12(16)17-15(18-13)22-6-9-4-5-10(21-9)14(19)20-3/h4-5H,6H2,1-3H3,(H2,16,17,18). The maximum Gasteiger partial charge on any atom is 0.373 e. The number of hydrogen-bond acceptors (Lipinski definition) is 8. The molecule has 3 aromatic heterocycles. The number of hydrogen-bond donors (Lipinski definition) is 1. The fourth-order valence-corrected chi connectivity index (χ4v) is 3.97. The van der Waals surface area contributed by atoms with E-state index in [1.807, 2.05) is 13.8 Å². The number of anilines is 1. The first kappa shape index (κ1) is 15.8. The quantitative estimate of drug-likeness (QED) is 0.437. The molecule has 0 spiro atoms. The molecule has 23 heavy (non-hydrogen) atoms. The maximum absolute atomic E-state index is 11.4. The highest BCUT2D eigenvalue weighted by Crippen LogP contribution is 2.34. The summed E-state index contributed by atoms with van der Waals surface area (Å²) in [4.78, 5) is 22.3. The van der Waals surface area contributed by atoms with Crippen molar-refractivity contribution in [2.45, 2.75) is 24.8 Å². The zero-order chi connectivity index (χ0) is 16.6. The van der Waals surface area contributed by atoms with E-state index in [4.69, 9.17) is 10.2 Å². The third-order valence-corrected chi connectivity index (χ3v) is 5.40. The Bertz CT molecular complexity index is 886. The van der Waals surface area contributed by atoms with Crippen LogP contribution in [-0.4, -0.2) is 23.0 Å². The summed E-state index contributed by atoms with van der Waals surface area (Å²) in [5.41, 5.74) is 7.19. The van der Waals surface area contributed by atoms with Crippen LogP contribution in [0, 0.1) is 13.8 Å². The van der Waals surface area contributed by atoms with Crippen LogP contribution < -0.4 is 5.73 Å². The molecule has 0 unspecified atom stereocenters. The average Bonchev–Trinajstić information content (AvgIpc) is 3.10. The lowest BCUT2D eigenvalue weighted by Gasteiger charge is -2.02. The van der Waals surface area contributed by atoms with Gasteiger partial charge in [0, 0.05) is 4.88 Å². The third-order valence-electron chi connectivity index (χ3n) is 3.43. The molecule has 0 aliphatic rings. The Labute approximate surface area is 141 Å². The monoisotopic (exact) mass is 349 g/mol. The van der Waals surface area contributed by atoms with Crippen LogP contribution in [0.5, 0.6) is 0 Å². The number of furan rings is 1. The number of thiophene rings is 1. The highest BCUT2D eigenvalue weighted by atomic mass is 32.2. The van der Waals surface area contributed by atoms with Gasteiger partial charge in [-0.05, 0) is 31.5 Å². The van der Waals surface area contributed by atoms with Crippen molar-refractivity contribution < 1.29 is 13.9 Å². The molecule has 6 nitrogen and oxygen atoms in total. The third kappa shape index (κ3) is 3.04. The molecule has 0 amide bonds. The lowest BCUT2D eigenvalue weighted by molar-refractivity contribution is 0.0563. The van der Waals surface area contributed by atoms with Crippen molar-refractivity contribution in [3.63, 3.8) is 0 Å². The molecule has 0 radical (unpaired) electrons. The number of nitrogens with zero attached hydrogens (tertiary/aromatic N) is 2. The molecule has 0 saturated heterocycles. The van der Waals surface area contributed by atoms with E-state index >= 15 is 0 Å². The van der Waals surface area contributed by atoms with E-state index < -0.39 is 5.97 Å². The minimum Gasteiger partial charge on any atom is -0.463 e. The summed E-state index contributed by atoms with van der Waals surface area (Å²) in [6, 6.07) is 3.33. The fraction of sp³-hybridized carbons (Fsp3) is 0.267. The smallest absolute Gasteiger partial charge is 0.373 e. The van der Waals surface area contributed by atoms with E-state index in [0.29, 0.717) is 22.5 Å². The number of aromatic nitrogens is 2. The molecule has 0 atom stereocenters. The van der Waals surface area contributed by atoms with Crippen molar-refractivity contribution in [3.05, 3.63) is 34.1 Å². The normalized spacial score (nSPS) is 11.1. The van der Waals surface area contributed by atoms with Gasteiger partial charge in [0.1, 0.15) is 16.4 Å². The van der Waals surface area contributed by atoms with Crippen LogP contribution in [0.2, 0.25) is 0 Å². The first-order valence-corrected chi connectivity index (χ1v) is 8.63. The van der Waals surface area contributed by atoms with Crippen molar-refractivity contribution in [1.82, 2.24) is 9.97 Å². The van der Waals surface area contributed by atoms with Gasteiger partial charge in [-0.25, -0.2) is 14.8 Å². The minimum absolute atomic E-state index is 0.184. The number of carbonyl (C=O) groups excluding carboxylic acids is 1. The Morgan fingerprint density at radius 3 is 2.91 bits per heavy atom. The second kappa shape index (κ2) is 6.21. The lowest BCUT2D eigenvalue weighted by Crippen LogP contribution is -1.98. The summed E-state index contributed by atoms with van der Waals surface area (Å²) < 4.78 is 10.0. The fourth-order valence-electron chi connectivity index (χ4n) is 2.13. The molecule has 0 saturated carbocycles. The molecule has 2 N–H and O–H groups in total. The van der Waals surface area contributed by atoms with Crippen LogP contribution in [-0.2, 0) is 10.5 Å². The largest absolute Gasteiger partial charge is 0.463 e. The van der Waals surface area contributed by atoms with Gasteiger partial charge in [-0.3, -0.25) is 0 Å². The molecule has 3 heterocycles. The maximum atomic E-state index is 11.4. The molecule has 0 fully saturated rings. The SMILES string of the molecule is COC(=O)c1ccc(CSc2nc(N)c3c(C)c(C)sc3n2)o1. The van der Waals surface area contributed by atoms with E-state index in [2.05, 4.69) is 14.7 Å². The minimum atomic E-state index is -0.493. The Hall–Kier alpha value is -2.06. The van der Waals surface area contributed by atoms with E-state index in [1.54, 1.807) is 23.5 Å². The van der Waals surface area contributed by atoms with E-state index in [9.17, 15) is 4.79 Å². The highest BCUT2D eigenvalue weighted by Gasteiger charge is 2.14. The Morgan fingerprint density at radius 2 is 2.17 bits per heavy atom. The molecular weight excluding hydrogens is 334 g/mol. The van der Waals surface area contributed by atoms with Crippen molar-refractivity contribution in [1.29, 1.82) is 0 Å². The zero-order valence-electron chi connectivity index (χ0n) is 12.9. The van der Waals surface area contributed by atoms with Gasteiger partial charge in [0.15, 0.2) is 5.16 Å². The van der Waals surface area contributed by atoms with Crippen LogP contribution in [0.15, 0.2) is 21.7 Å². The predicted molar refractivity (Wildman–Crippen MR) is 90.9 cm³/mol. The molecular formula is C15H15N3O3S2. The second-order valence-electron chi connectivity index (χ2n) is 4.90. The Kier molecular flexibility index (Phi) is 4.27.